The molecule has 1 heterocycles. The summed E-state index contributed by atoms with van der Waals surface area (Å²) in [6.07, 6.45) is 6.52. The zero-order valence-electron chi connectivity index (χ0n) is 11.7. The molecule has 1 fully saturated rings. The summed E-state index contributed by atoms with van der Waals surface area (Å²) < 4.78 is 6.14. The van der Waals surface area contributed by atoms with Crippen LogP contribution in [-0.2, 0) is 0 Å². The van der Waals surface area contributed by atoms with Gasteiger partial charge in [-0.3, -0.25) is 0 Å². The van der Waals surface area contributed by atoms with Crippen molar-refractivity contribution in [2.45, 2.75) is 37.8 Å². The smallest absolute Gasteiger partial charge is 0.221 e. The van der Waals surface area contributed by atoms with Gasteiger partial charge in [-0.15, -0.1) is 0 Å². The summed E-state index contributed by atoms with van der Waals surface area (Å²) >= 11 is 0. The number of fused-ring (bicyclic) bond motifs is 1. The number of benzene rings is 1. The molecule has 2 aromatic rings. The molecule has 0 amide bonds. The standard InChI is InChI=1S/C16H20N2O2/c1-17-14-4-2-3-5-15(14)20-16-13-10-12(19)7-6-11(13)8-9-18-16/h6-10,14-15,17,19H,2-5H2,1H3. The molecule has 1 saturated carbocycles. The van der Waals surface area contributed by atoms with Crippen LogP contribution in [0.15, 0.2) is 30.5 Å². The average molecular weight is 272 g/mol. The zero-order valence-corrected chi connectivity index (χ0v) is 11.7. The number of pyridine rings is 1. The number of rotatable bonds is 3. The number of nitrogens with one attached hydrogen (secondary N) is 1. The zero-order chi connectivity index (χ0) is 13.9. The third-order valence-corrected chi connectivity index (χ3v) is 4.05. The summed E-state index contributed by atoms with van der Waals surface area (Å²) in [5, 5.41) is 14.9. The maximum absolute atomic E-state index is 9.66. The van der Waals surface area contributed by atoms with E-state index in [4.69, 9.17) is 4.74 Å². The molecule has 4 nitrogen and oxygen atoms in total. The third-order valence-electron chi connectivity index (χ3n) is 4.05. The van der Waals surface area contributed by atoms with Gasteiger partial charge in [-0.05, 0) is 49.9 Å². The van der Waals surface area contributed by atoms with E-state index in [2.05, 4.69) is 10.3 Å². The van der Waals surface area contributed by atoms with Crippen molar-refractivity contribution in [3.63, 3.8) is 0 Å². The van der Waals surface area contributed by atoms with Gasteiger partial charge in [-0.25, -0.2) is 4.98 Å². The number of phenolic OH excluding ortho intramolecular Hbond substituents is 1. The number of aromatic nitrogens is 1. The summed E-state index contributed by atoms with van der Waals surface area (Å²) in [4.78, 5) is 4.35. The maximum atomic E-state index is 9.66. The molecular formula is C16H20N2O2. The molecule has 4 heteroatoms. The summed E-state index contributed by atoms with van der Waals surface area (Å²) in [6, 6.07) is 7.59. The van der Waals surface area contributed by atoms with Crippen LogP contribution in [-0.4, -0.2) is 29.3 Å². The van der Waals surface area contributed by atoms with Gasteiger partial charge in [0.05, 0.1) is 0 Å². The van der Waals surface area contributed by atoms with E-state index in [1.807, 2.05) is 19.2 Å². The highest BCUT2D eigenvalue weighted by molar-refractivity contribution is 5.87. The Morgan fingerprint density at radius 3 is 2.95 bits per heavy atom. The quantitative estimate of drug-likeness (QED) is 0.902. The fourth-order valence-electron chi connectivity index (χ4n) is 2.94. The fourth-order valence-corrected chi connectivity index (χ4v) is 2.94. The first kappa shape index (κ1) is 13.2. The molecule has 3 rings (SSSR count). The Labute approximate surface area is 118 Å². The SMILES string of the molecule is CNC1CCCCC1Oc1nccc2ccc(O)cc12. The minimum Gasteiger partial charge on any atom is -0.508 e. The molecule has 0 spiro atoms. The lowest BCUT2D eigenvalue weighted by atomic mass is 9.92. The largest absolute Gasteiger partial charge is 0.508 e. The fraction of sp³-hybridized carbons (Fsp3) is 0.438. The lowest BCUT2D eigenvalue weighted by molar-refractivity contribution is 0.115. The molecule has 0 bridgehead atoms. The molecule has 0 radical (unpaired) electrons. The highest BCUT2D eigenvalue weighted by Gasteiger charge is 2.26. The maximum Gasteiger partial charge on any atom is 0.221 e. The first-order chi connectivity index (χ1) is 9.78. The number of ether oxygens (including phenoxy) is 1. The van der Waals surface area contributed by atoms with Crippen molar-refractivity contribution >= 4 is 10.8 Å². The molecule has 1 aliphatic rings. The predicted molar refractivity (Wildman–Crippen MR) is 79.1 cm³/mol. The van der Waals surface area contributed by atoms with Gasteiger partial charge in [-0.1, -0.05) is 12.5 Å². The van der Waals surface area contributed by atoms with Crippen LogP contribution >= 0.6 is 0 Å². The van der Waals surface area contributed by atoms with Crippen LogP contribution in [0.2, 0.25) is 0 Å². The molecular weight excluding hydrogens is 252 g/mol. The monoisotopic (exact) mass is 272 g/mol. The van der Waals surface area contributed by atoms with E-state index in [9.17, 15) is 5.11 Å². The number of hydrogen-bond donors (Lipinski definition) is 2. The highest BCUT2D eigenvalue weighted by atomic mass is 16.5. The van der Waals surface area contributed by atoms with E-state index in [-0.39, 0.29) is 11.9 Å². The normalized spacial score (nSPS) is 22.9. The van der Waals surface area contributed by atoms with Gasteiger partial charge in [0, 0.05) is 17.6 Å². The number of nitrogens with zero attached hydrogens (tertiary/aromatic N) is 1. The van der Waals surface area contributed by atoms with Crippen LogP contribution in [0.3, 0.4) is 0 Å². The van der Waals surface area contributed by atoms with Crippen LogP contribution in [0.4, 0.5) is 0 Å². The van der Waals surface area contributed by atoms with Gasteiger partial charge in [-0.2, -0.15) is 0 Å². The molecule has 1 aromatic carbocycles. The lowest BCUT2D eigenvalue weighted by Gasteiger charge is -2.31. The molecule has 0 aliphatic heterocycles. The molecule has 2 unspecified atom stereocenters. The molecule has 2 atom stereocenters. The van der Waals surface area contributed by atoms with E-state index in [1.54, 1.807) is 18.3 Å². The second-order valence-electron chi connectivity index (χ2n) is 5.36. The first-order valence-electron chi connectivity index (χ1n) is 7.19. The number of hydrogen-bond acceptors (Lipinski definition) is 4. The molecule has 106 valence electrons. The Bertz CT molecular complexity index is 600. The van der Waals surface area contributed by atoms with Gasteiger partial charge < -0.3 is 15.2 Å². The Hall–Kier alpha value is -1.81. The molecule has 1 aromatic heterocycles. The van der Waals surface area contributed by atoms with E-state index in [0.717, 1.165) is 23.6 Å². The second kappa shape index (κ2) is 5.67. The van der Waals surface area contributed by atoms with Crippen molar-refractivity contribution in [3.8, 4) is 11.6 Å². The van der Waals surface area contributed by atoms with Crippen molar-refractivity contribution in [2.75, 3.05) is 7.05 Å². The molecule has 1 aliphatic carbocycles. The summed E-state index contributed by atoms with van der Waals surface area (Å²) in [7, 11) is 1.98. The van der Waals surface area contributed by atoms with Gasteiger partial charge in [0.25, 0.3) is 0 Å². The Morgan fingerprint density at radius 2 is 2.10 bits per heavy atom. The lowest BCUT2D eigenvalue weighted by Crippen LogP contribution is -2.43. The Balaban J connectivity index is 1.91. The van der Waals surface area contributed by atoms with E-state index < -0.39 is 0 Å². The van der Waals surface area contributed by atoms with Gasteiger partial charge >= 0.3 is 0 Å². The minimum atomic E-state index is 0.147. The summed E-state index contributed by atoms with van der Waals surface area (Å²) in [5.74, 6) is 0.856. The predicted octanol–water partition coefficient (Wildman–Crippen LogP) is 2.85. The van der Waals surface area contributed by atoms with Crippen LogP contribution in [0.1, 0.15) is 25.7 Å². The van der Waals surface area contributed by atoms with Crippen molar-refractivity contribution in [3.05, 3.63) is 30.5 Å². The number of aromatic hydroxyl groups is 1. The number of phenols is 1. The molecule has 20 heavy (non-hydrogen) atoms. The minimum absolute atomic E-state index is 0.147. The van der Waals surface area contributed by atoms with Gasteiger partial charge in [0.15, 0.2) is 0 Å². The van der Waals surface area contributed by atoms with Crippen LogP contribution in [0.25, 0.3) is 10.8 Å². The van der Waals surface area contributed by atoms with Crippen molar-refractivity contribution in [1.82, 2.24) is 10.3 Å². The summed E-state index contributed by atoms with van der Waals surface area (Å²) in [6.45, 7) is 0. The third kappa shape index (κ3) is 2.56. The summed E-state index contributed by atoms with van der Waals surface area (Å²) in [5.41, 5.74) is 0. The van der Waals surface area contributed by atoms with Crippen molar-refractivity contribution < 1.29 is 9.84 Å². The van der Waals surface area contributed by atoms with Crippen LogP contribution in [0, 0.1) is 0 Å². The molecule has 0 saturated heterocycles. The number of likely N-dealkylation sites (N-methyl/N-ethyl adjacent to an activating group) is 1. The van der Waals surface area contributed by atoms with Crippen molar-refractivity contribution in [1.29, 1.82) is 0 Å². The van der Waals surface area contributed by atoms with Crippen molar-refractivity contribution in [2.24, 2.45) is 0 Å². The van der Waals surface area contributed by atoms with Crippen LogP contribution < -0.4 is 10.1 Å². The first-order valence-corrected chi connectivity index (χ1v) is 7.19. The second-order valence-corrected chi connectivity index (χ2v) is 5.36. The van der Waals surface area contributed by atoms with E-state index >= 15 is 0 Å². The van der Waals surface area contributed by atoms with E-state index in [0.29, 0.717) is 11.9 Å². The topological polar surface area (TPSA) is 54.4 Å². The Kier molecular flexibility index (Phi) is 3.74. The Morgan fingerprint density at radius 1 is 1.25 bits per heavy atom. The van der Waals surface area contributed by atoms with Crippen LogP contribution in [0.5, 0.6) is 11.6 Å². The van der Waals surface area contributed by atoms with Gasteiger partial charge in [0.1, 0.15) is 11.9 Å². The van der Waals surface area contributed by atoms with Gasteiger partial charge in [0.2, 0.25) is 5.88 Å². The highest BCUT2D eigenvalue weighted by Crippen LogP contribution is 2.30. The average Bonchev–Trinajstić information content (AvgIpc) is 2.48. The molecule has 2 N–H and O–H groups in total. The van der Waals surface area contributed by atoms with E-state index in [1.165, 1.54) is 12.8 Å².